The van der Waals surface area contributed by atoms with Gasteiger partial charge < -0.3 is 16.2 Å². The summed E-state index contributed by atoms with van der Waals surface area (Å²) in [5, 5.41) is 0. The Morgan fingerprint density at radius 1 is 1.29 bits per heavy atom. The van der Waals surface area contributed by atoms with Gasteiger partial charge in [0, 0.05) is 0 Å². The Bertz CT molecular complexity index is 434. The quantitative estimate of drug-likeness (QED) is 0.608. The van der Waals surface area contributed by atoms with Gasteiger partial charge in [0.1, 0.15) is 5.60 Å². The summed E-state index contributed by atoms with van der Waals surface area (Å²) in [4.78, 5) is 11.7. The van der Waals surface area contributed by atoms with Crippen molar-refractivity contribution in [2.45, 2.75) is 39.7 Å². The second-order valence-electron chi connectivity index (χ2n) is 5.13. The second-order valence-corrected chi connectivity index (χ2v) is 5.13. The summed E-state index contributed by atoms with van der Waals surface area (Å²) in [6, 6.07) is 3.59. The van der Waals surface area contributed by atoms with Crippen molar-refractivity contribution in [1.82, 2.24) is 0 Å². The summed E-state index contributed by atoms with van der Waals surface area (Å²) in [5.74, 6) is -0.294. The predicted octanol–water partition coefficient (Wildman–Crippen LogP) is 2.04. The summed E-state index contributed by atoms with van der Waals surface area (Å²) in [6.07, 6.45) is 0.153. The van der Waals surface area contributed by atoms with E-state index < -0.39 is 5.60 Å². The minimum absolute atomic E-state index is 0.153. The number of hydrogen-bond donors (Lipinski definition) is 2. The molecule has 0 aromatic heterocycles. The molecular weight excluding hydrogens is 216 g/mol. The number of benzene rings is 1. The van der Waals surface area contributed by atoms with Gasteiger partial charge >= 0.3 is 5.97 Å². The van der Waals surface area contributed by atoms with Crippen LogP contribution in [0.15, 0.2) is 12.1 Å². The lowest BCUT2D eigenvalue weighted by Crippen LogP contribution is -2.25. The first-order chi connectivity index (χ1) is 7.70. The van der Waals surface area contributed by atoms with Crippen LogP contribution in [0.2, 0.25) is 0 Å². The predicted molar refractivity (Wildman–Crippen MR) is 69.6 cm³/mol. The first-order valence-electron chi connectivity index (χ1n) is 5.56. The molecule has 17 heavy (non-hydrogen) atoms. The number of rotatable bonds is 2. The monoisotopic (exact) mass is 236 g/mol. The SMILES string of the molecule is Cc1ccc(N)c(N)c1CC(=O)OC(C)(C)C. The fourth-order valence-corrected chi connectivity index (χ4v) is 1.55. The highest BCUT2D eigenvalue weighted by Gasteiger charge is 2.18. The maximum Gasteiger partial charge on any atom is 0.310 e. The topological polar surface area (TPSA) is 78.3 Å². The van der Waals surface area contributed by atoms with E-state index in [0.717, 1.165) is 11.1 Å². The number of hydrogen-bond acceptors (Lipinski definition) is 4. The van der Waals surface area contributed by atoms with Crippen LogP contribution < -0.4 is 11.5 Å². The van der Waals surface area contributed by atoms with Crippen LogP contribution in [-0.2, 0) is 16.0 Å². The molecule has 0 spiro atoms. The van der Waals surface area contributed by atoms with Crippen LogP contribution in [0.25, 0.3) is 0 Å². The van der Waals surface area contributed by atoms with E-state index in [1.807, 2.05) is 33.8 Å². The van der Waals surface area contributed by atoms with E-state index in [2.05, 4.69) is 0 Å². The van der Waals surface area contributed by atoms with Crippen LogP contribution >= 0.6 is 0 Å². The maximum atomic E-state index is 11.7. The number of esters is 1. The molecule has 4 heteroatoms. The van der Waals surface area contributed by atoms with E-state index >= 15 is 0 Å². The smallest absolute Gasteiger partial charge is 0.310 e. The minimum atomic E-state index is -0.486. The van der Waals surface area contributed by atoms with Crippen molar-refractivity contribution in [2.24, 2.45) is 0 Å². The summed E-state index contributed by atoms with van der Waals surface area (Å²) >= 11 is 0. The number of ether oxygens (including phenoxy) is 1. The summed E-state index contributed by atoms with van der Waals surface area (Å²) in [7, 11) is 0. The van der Waals surface area contributed by atoms with Gasteiger partial charge in [-0.1, -0.05) is 6.07 Å². The van der Waals surface area contributed by atoms with Gasteiger partial charge in [0.15, 0.2) is 0 Å². The van der Waals surface area contributed by atoms with Crippen molar-refractivity contribution in [1.29, 1.82) is 0 Å². The molecule has 4 N–H and O–H groups in total. The average molecular weight is 236 g/mol. The number of carbonyl (C=O) groups is 1. The van der Waals surface area contributed by atoms with Crippen molar-refractivity contribution in [3.63, 3.8) is 0 Å². The number of aryl methyl sites for hydroxylation is 1. The van der Waals surface area contributed by atoms with Crippen LogP contribution in [0.4, 0.5) is 11.4 Å². The van der Waals surface area contributed by atoms with Gasteiger partial charge in [-0.05, 0) is 44.9 Å². The Kier molecular flexibility index (Phi) is 3.66. The molecule has 0 saturated carbocycles. The third-order valence-corrected chi connectivity index (χ3v) is 2.37. The van der Waals surface area contributed by atoms with E-state index in [0.29, 0.717) is 11.4 Å². The van der Waals surface area contributed by atoms with Gasteiger partial charge in [-0.3, -0.25) is 4.79 Å². The Hall–Kier alpha value is -1.71. The van der Waals surface area contributed by atoms with Crippen molar-refractivity contribution >= 4 is 17.3 Å². The molecule has 0 fully saturated rings. The molecule has 0 aliphatic heterocycles. The molecule has 0 saturated heterocycles. The molecule has 4 nitrogen and oxygen atoms in total. The molecule has 0 unspecified atom stereocenters. The molecule has 1 aromatic carbocycles. The van der Waals surface area contributed by atoms with E-state index in [1.165, 1.54) is 0 Å². The number of nitrogen functional groups attached to an aromatic ring is 2. The zero-order valence-corrected chi connectivity index (χ0v) is 10.8. The molecule has 0 radical (unpaired) electrons. The van der Waals surface area contributed by atoms with E-state index in [-0.39, 0.29) is 12.4 Å². The van der Waals surface area contributed by atoms with E-state index in [1.54, 1.807) is 6.07 Å². The fraction of sp³-hybridized carbons (Fsp3) is 0.462. The number of anilines is 2. The molecule has 0 bridgehead atoms. The molecule has 1 rings (SSSR count). The normalized spacial score (nSPS) is 11.3. The van der Waals surface area contributed by atoms with Crippen molar-refractivity contribution < 1.29 is 9.53 Å². The second kappa shape index (κ2) is 4.65. The van der Waals surface area contributed by atoms with Gasteiger partial charge in [0.05, 0.1) is 17.8 Å². The standard InChI is InChI=1S/C13H20N2O2/c1-8-5-6-10(14)12(15)9(8)7-11(16)17-13(2,3)4/h5-6H,7,14-15H2,1-4H3. The highest BCUT2D eigenvalue weighted by molar-refractivity contribution is 5.79. The van der Waals surface area contributed by atoms with Crippen molar-refractivity contribution in [2.75, 3.05) is 11.5 Å². The van der Waals surface area contributed by atoms with Gasteiger partial charge in [0.2, 0.25) is 0 Å². The van der Waals surface area contributed by atoms with Gasteiger partial charge in [-0.15, -0.1) is 0 Å². The summed E-state index contributed by atoms with van der Waals surface area (Å²) in [5.41, 5.74) is 13.8. The van der Waals surface area contributed by atoms with E-state index in [9.17, 15) is 4.79 Å². The van der Waals surface area contributed by atoms with Crippen molar-refractivity contribution in [3.05, 3.63) is 23.3 Å². The molecular formula is C13H20N2O2. The molecule has 0 amide bonds. The molecule has 1 aromatic rings. The lowest BCUT2D eigenvalue weighted by Gasteiger charge is -2.20. The average Bonchev–Trinajstić information content (AvgIpc) is 2.16. The summed E-state index contributed by atoms with van der Waals surface area (Å²) in [6.45, 7) is 7.40. The van der Waals surface area contributed by atoms with Gasteiger partial charge in [-0.2, -0.15) is 0 Å². The van der Waals surface area contributed by atoms with Crippen LogP contribution in [0.3, 0.4) is 0 Å². The Morgan fingerprint density at radius 3 is 2.41 bits per heavy atom. The lowest BCUT2D eigenvalue weighted by molar-refractivity contribution is -0.153. The van der Waals surface area contributed by atoms with Crippen molar-refractivity contribution in [3.8, 4) is 0 Å². The first-order valence-corrected chi connectivity index (χ1v) is 5.56. The molecule has 94 valence electrons. The zero-order chi connectivity index (χ0) is 13.2. The number of nitrogens with two attached hydrogens (primary N) is 2. The maximum absolute atomic E-state index is 11.7. The molecule has 0 heterocycles. The van der Waals surface area contributed by atoms with Gasteiger partial charge in [-0.25, -0.2) is 0 Å². The number of carbonyl (C=O) groups excluding carboxylic acids is 1. The third kappa shape index (κ3) is 3.66. The van der Waals surface area contributed by atoms with Crippen LogP contribution in [0, 0.1) is 6.92 Å². The van der Waals surface area contributed by atoms with Crippen LogP contribution in [-0.4, -0.2) is 11.6 Å². The molecule has 0 aliphatic rings. The third-order valence-electron chi connectivity index (χ3n) is 2.37. The fourth-order valence-electron chi connectivity index (χ4n) is 1.55. The Balaban J connectivity index is 2.89. The largest absolute Gasteiger partial charge is 0.460 e. The highest BCUT2D eigenvalue weighted by atomic mass is 16.6. The first kappa shape index (κ1) is 13.4. The van der Waals surface area contributed by atoms with E-state index in [4.69, 9.17) is 16.2 Å². The molecule has 0 atom stereocenters. The summed E-state index contributed by atoms with van der Waals surface area (Å²) < 4.78 is 5.26. The van der Waals surface area contributed by atoms with Crippen LogP contribution in [0.5, 0.6) is 0 Å². The zero-order valence-electron chi connectivity index (χ0n) is 10.8. The molecule has 0 aliphatic carbocycles. The lowest BCUT2D eigenvalue weighted by atomic mass is 10.0. The van der Waals surface area contributed by atoms with Gasteiger partial charge in [0.25, 0.3) is 0 Å². The minimum Gasteiger partial charge on any atom is -0.460 e. The van der Waals surface area contributed by atoms with Crippen LogP contribution in [0.1, 0.15) is 31.9 Å². The highest BCUT2D eigenvalue weighted by Crippen LogP contribution is 2.24. The Labute approximate surface area is 102 Å². The Morgan fingerprint density at radius 2 is 1.88 bits per heavy atom.